The molecule has 1 saturated heterocycles. The lowest BCUT2D eigenvalue weighted by atomic mass is 10.2. The van der Waals surface area contributed by atoms with E-state index >= 15 is 0 Å². The number of benzene rings is 1. The van der Waals surface area contributed by atoms with E-state index < -0.39 is 0 Å². The number of hydrogen-bond donors (Lipinski definition) is 1. The van der Waals surface area contributed by atoms with Crippen molar-refractivity contribution in [1.29, 1.82) is 0 Å². The van der Waals surface area contributed by atoms with Gasteiger partial charge < -0.3 is 14.7 Å². The Balaban J connectivity index is 1.55. The summed E-state index contributed by atoms with van der Waals surface area (Å²) < 4.78 is 19.3. The van der Waals surface area contributed by atoms with Gasteiger partial charge in [0.1, 0.15) is 12.4 Å². The molecule has 2 aromatic rings. The SMILES string of the molecule is CCNC(=NCc1nc(C)no1)N1CCN(Cc2ccc(Br)c(F)c2)CC1. The van der Waals surface area contributed by atoms with E-state index in [4.69, 9.17) is 4.52 Å². The fourth-order valence-corrected chi connectivity index (χ4v) is 3.23. The average molecular weight is 439 g/mol. The molecule has 1 aromatic carbocycles. The molecule has 1 aliphatic rings. The monoisotopic (exact) mass is 438 g/mol. The van der Waals surface area contributed by atoms with Gasteiger partial charge in [-0.15, -0.1) is 0 Å². The Morgan fingerprint density at radius 2 is 2.11 bits per heavy atom. The van der Waals surface area contributed by atoms with Gasteiger partial charge in [-0.05, 0) is 47.5 Å². The Hall–Kier alpha value is -2.00. The first-order valence-electron chi connectivity index (χ1n) is 9.04. The molecule has 0 spiro atoms. The number of nitrogens with zero attached hydrogens (tertiary/aromatic N) is 5. The second-order valence-corrected chi connectivity index (χ2v) is 7.27. The maximum absolute atomic E-state index is 13.7. The first-order valence-corrected chi connectivity index (χ1v) is 9.83. The molecule has 1 fully saturated rings. The number of hydrogen-bond acceptors (Lipinski definition) is 5. The summed E-state index contributed by atoms with van der Waals surface area (Å²) in [5.41, 5.74) is 0.983. The van der Waals surface area contributed by atoms with Crippen LogP contribution >= 0.6 is 15.9 Å². The van der Waals surface area contributed by atoms with Gasteiger partial charge in [0, 0.05) is 39.3 Å². The summed E-state index contributed by atoms with van der Waals surface area (Å²) in [5, 5.41) is 7.11. The molecule has 1 aliphatic heterocycles. The molecule has 7 nitrogen and oxygen atoms in total. The maximum atomic E-state index is 13.7. The average Bonchev–Trinajstić information content (AvgIpc) is 3.08. The van der Waals surface area contributed by atoms with Gasteiger partial charge in [0.25, 0.3) is 0 Å². The Labute approximate surface area is 166 Å². The minimum Gasteiger partial charge on any atom is -0.357 e. The topological polar surface area (TPSA) is 69.8 Å². The normalized spacial score (nSPS) is 16.0. The van der Waals surface area contributed by atoms with Crippen LogP contribution in [0.25, 0.3) is 0 Å². The number of guanidine groups is 1. The van der Waals surface area contributed by atoms with Crippen LogP contribution in [0.4, 0.5) is 4.39 Å². The lowest BCUT2D eigenvalue weighted by Gasteiger charge is -2.36. The largest absolute Gasteiger partial charge is 0.357 e. The van der Waals surface area contributed by atoms with Crippen LogP contribution in [0.3, 0.4) is 0 Å². The van der Waals surface area contributed by atoms with Crippen LogP contribution in [0.5, 0.6) is 0 Å². The highest BCUT2D eigenvalue weighted by Gasteiger charge is 2.20. The van der Waals surface area contributed by atoms with Crippen molar-refractivity contribution in [3.05, 3.63) is 45.8 Å². The molecule has 27 heavy (non-hydrogen) atoms. The van der Waals surface area contributed by atoms with Crippen LogP contribution in [0.2, 0.25) is 0 Å². The lowest BCUT2D eigenvalue weighted by molar-refractivity contribution is 0.172. The standard InChI is InChI=1S/C18H24BrFN6O/c1-3-21-18(22-11-17-23-13(2)24-27-17)26-8-6-25(7-9-26)12-14-4-5-15(19)16(20)10-14/h4-5,10H,3,6-9,11-12H2,1-2H3,(H,21,22). The number of rotatable bonds is 5. The summed E-state index contributed by atoms with van der Waals surface area (Å²) in [4.78, 5) is 13.4. The van der Waals surface area contributed by atoms with Crippen LogP contribution in [0, 0.1) is 12.7 Å². The van der Waals surface area contributed by atoms with Gasteiger partial charge in [0.2, 0.25) is 5.89 Å². The lowest BCUT2D eigenvalue weighted by Crippen LogP contribution is -2.52. The highest BCUT2D eigenvalue weighted by molar-refractivity contribution is 9.10. The quantitative estimate of drug-likeness (QED) is 0.571. The van der Waals surface area contributed by atoms with Crippen molar-refractivity contribution in [2.24, 2.45) is 4.99 Å². The van der Waals surface area contributed by atoms with Crippen LogP contribution in [0.1, 0.15) is 24.2 Å². The predicted molar refractivity (Wildman–Crippen MR) is 105 cm³/mol. The summed E-state index contributed by atoms with van der Waals surface area (Å²) in [5.74, 6) is 1.76. The van der Waals surface area contributed by atoms with Gasteiger partial charge >= 0.3 is 0 Å². The van der Waals surface area contributed by atoms with Gasteiger partial charge in [0.15, 0.2) is 11.8 Å². The minimum absolute atomic E-state index is 0.219. The summed E-state index contributed by atoms with van der Waals surface area (Å²) in [6.07, 6.45) is 0. The summed E-state index contributed by atoms with van der Waals surface area (Å²) in [7, 11) is 0. The van der Waals surface area contributed by atoms with Crippen LogP contribution in [-0.4, -0.2) is 58.6 Å². The molecule has 0 unspecified atom stereocenters. The van der Waals surface area contributed by atoms with Crippen molar-refractivity contribution < 1.29 is 8.91 Å². The zero-order chi connectivity index (χ0) is 19.2. The molecule has 1 N–H and O–H groups in total. The third-order valence-corrected chi connectivity index (χ3v) is 4.97. The first kappa shape index (κ1) is 19.8. The van der Waals surface area contributed by atoms with E-state index in [2.05, 4.69) is 46.2 Å². The number of halogens is 2. The molecule has 3 rings (SSSR count). The van der Waals surface area contributed by atoms with Crippen molar-refractivity contribution >= 4 is 21.9 Å². The number of nitrogens with one attached hydrogen (secondary N) is 1. The molecule has 0 saturated carbocycles. The molecule has 0 bridgehead atoms. The summed E-state index contributed by atoms with van der Waals surface area (Å²) in [6.45, 7) is 9.22. The third kappa shape index (κ3) is 5.49. The van der Waals surface area contributed by atoms with Crippen molar-refractivity contribution in [2.75, 3.05) is 32.7 Å². The van der Waals surface area contributed by atoms with Gasteiger partial charge in [0.05, 0.1) is 4.47 Å². The molecular formula is C18H24BrFN6O. The van der Waals surface area contributed by atoms with E-state index in [0.29, 0.717) is 22.7 Å². The zero-order valence-corrected chi connectivity index (χ0v) is 17.2. The van der Waals surface area contributed by atoms with Crippen LogP contribution in [0.15, 0.2) is 32.2 Å². The van der Waals surface area contributed by atoms with E-state index in [9.17, 15) is 4.39 Å². The zero-order valence-electron chi connectivity index (χ0n) is 15.6. The fourth-order valence-electron chi connectivity index (χ4n) is 2.99. The van der Waals surface area contributed by atoms with Crippen LogP contribution in [-0.2, 0) is 13.1 Å². The first-order chi connectivity index (χ1) is 13.0. The van der Waals surface area contributed by atoms with E-state index in [0.717, 1.165) is 50.8 Å². The van der Waals surface area contributed by atoms with Crippen LogP contribution < -0.4 is 5.32 Å². The summed E-state index contributed by atoms with van der Waals surface area (Å²) >= 11 is 3.20. The highest BCUT2D eigenvalue weighted by Crippen LogP contribution is 2.18. The van der Waals surface area contributed by atoms with Crippen molar-refractivity contribution in [2.45, 2.75) is 26.9 Å². The number of aromatic nitrogens is 2. The Bertz CT molecular complexity index is 788. The second kappa shape index (κ2) is 9.27. The minimum atomic E-state index is -0.219. The van der Waals surface area contributed by atoms with Gasteiger partial charge in [-0.25, -0.2) is 9.38 Å². The van der Waals surface area contributed by atoms with E-state index in [1.165, 1.54) is 0 Å². The number of piperazine rings is 1. The van der Waals surface area contributed by atoms with Gasteiger partial charge in [-0.3, -0.25) is 4.90 Å². The van der Waals surface area contributed by atoms with Crippen molar-refractivity contribution in [3.63, 3.8) is 0 Å². The Kier molecular flexibility index (Phi) is 6.78. The van der Waals surface area contributed by atoms with E-state index in [-0.39, 0.29) is 5.82 Å². The molecule has 2 heterocycles. The maximum Gasteiger partial charge on any atom is 0.248 e. The molecule has 146 valence electrons. The Morgan fingerprint density at radius 1 is 1.33 bits per heavy atom. The molecule has 0 amide bonds. The third-order valence-electron chi connectivity index (χ3n) is 4.33. The van der Waals surface area contributed by atoms with Crippen molar-refractivity contribution in [3.8, 4) is 0 Å². The van der Waals surface area contributed by atoms with Gasteiger partial charge in [-0.1, -0.05) is 11.2 Å². The van der Waals surface area contributed by atoms with Gasteiger partial charge in [-0.2, -0.15) is 4.98 Å². The molecule has 0 aliphatic carbocycles. The smallest absolute Gasteiger partial charge is 0.248 e. The summed E-state index contributed by atoms with van der Waals surface area (Å²) in [6, 6.07) is 5.31. The second-order valence-electron chi connectivity index (χ2n) is 6.42. The Morgan fingerprint density at radius 3 is 2.74 bits per heavy atom. The molecule has 9 heteroatoms. The van der Waals surface area contributed by atoms with Crippen molar-refractivity contribution in [1.82, 2.24) is 25.3 Å². The highest BCUT2D eigenvalue weighted by atomic mass is 79.9. The number of aryl methyl sites for hydroxylation is 1. The molecular weight excluding hydrogens is 415 g/mol. The van der Waals surface area contributed by atoms with E-state index in [1.807, 2.05) is 13.0 Å². The molecule has 1 aromatic heterocycles. The predicted octanol–water partition coefficient (Wildman–Crippen LogP) is 2.56. The van der Waals surface area contributed by atoms with E-state index in [1.54, 1.807) is 19.1 Å². The molecule has 0 radical (unpaired) electrons. The fraction of sp³-hybridized carbons (Fsp3) is 0.500. The molecule has 0 atom stereocenters. The number of aliphatic imine (C=N–C) groups is 1.